The number of rotatable bonds is 5. The van der Waals surface area contributed by atoms with Gasteiger partial charge in [0.25, 0.3) is 0 Å². The van der Waals surface area contributed by atoms with Crippen molar-refractivity contribution in [3.8, 4) is 0 Å². The van der Waals surface area contributed by atoms with E-state index in [1.54, 1.807) is 18.3 Å². The van der Waals surface area contributed by atoms with Gasteiger partial charge >= 0.3 is 0 Å². The molecule has 0 spiro atoms. The highest BCUT2D eigenvalue weighted by molar-refractivity contribution is 9.10. The fourth-order valence-electron chi connectivity index (χ4n) is 2.74. The van der Waals surface area contributed by atoms with E-state index in [2.05, 4.69) is 31.1 Å². The molecule has 0 saturated carbocycles. The summed E-state index contributed by atoms with van der Waals surface area (Å²) in [6.45, 7) is 3.77. The Bertz CT molecular complexity index is 632. The van der Waals surface area contributed by atoms with Crippen molar-refractivity contribution in [1.82, 2.24) is 9.88 Å². The molecule has 1 atom stereocenters. The van der Waals surface area contributed by atoms with Gasteiger partial charge in [0.05, 0.1) is 19.3 Å². The molecule has 1 saturated heterocycles. The molecule has 2 aromatic rings. The highest BCUT2D eigenvalue weighted by Gasteiger charge is 2.23. The van der Waals surface area contributed by atoms with Gasteiger partial charge in [-0.1, -0.05) is 12.1 Å². The Balaban J connectivity index is 1.75. The van der Waals surface area contributed by atoms with Crippen LogP contribution in [0.25, 0.3) is 0 Å². The first-order chi connectivity index (χ1) is 11.2. The third kappa shape index (κ3) is 4.50. The summed E-state index contributed by atoms with van der Waals surface area (Å²) in [5.74, 6) is 0.602. The lowest BCUT2D eigenvalue weighted by Crippen LogP contribution is -2.41. The average molecular weight is 380 g/mol. The van der Waals surface area contributed by atoms with Crippen LogP contribution in [0.1, 0.15) is 11.6 Å². The van der Waals surface area contributed by atoms with Crippen molar-refractivity contribution in [3.05, 3.63) is 58.4 Å². The van der Waals surface area contributed by atoms with E-state index in [9.17, 15) is 4.39 Å². The molecule has 23 heavy (non-hydrogen) atoms. The number of aromatic nitrogens is 1. The van der Waals surface area contributed by atoms with Crippen LogP contribution in [0, 0.1) is 5.82 Å². The van der Waals surface area contributed by atoms with Crippen molar-refractivity contribution in [2.24, 2.45) is 0 Å². The number of halogens is 2. The van der Waals surface area contributed by atoms with Gasteiger partial charge in [0, 0.05) is 30.3 Å². The fraction of sp³-hybridized carbons (Fsp3) is 0.353. The van der Waals surface area contributed by atoms with E-state index in [1.165, 1.54) is 6.07 Å². The summed E-state index contributed by atoms with van der Waals surface area (Å²) < 4.78 is 20.0. The molecular weight excluding hydrogens is 361 g/mol. The standard InChI is InChI=1S/C17H19BrFN3O/c18-14-4-5-17(20-11-14)21-12-16(22-6-8-23-9-7-22)13-2-1-3-15(19)10-13/h1-5,10-11,16H,6-9,12H2,(H,20,21). The number of morpholine rings is 1. The minimum absolute atomic E-state index is 0.0834. The Morgan fingerprint density at radius 2 is 2.09 bits per heavy atom. The van der Waals surface area contributed by atoms with Crippen LogP contribution in [0.5, 0.6) is 0 Å². The Labute approximate surface area is 143 Å². The smallest absolute Gasteiger partial charge is 0.126 e. The maximum Gasteiger partial charge on any atom is 0.126 e. The summed E-state index contributed by atoms with van der Waals surface area (Å²) in [5.41, 5.74) is 0.969. The maximum absolute atomic E-state index is 13.6. The predicted molar refractivity (Wildman–Crippen MR) is 92.0 cm³/mol. The van der Waals surface area contributed by atoms with E-state index in [1.807, 2.05) is 18.2 Å². The zero-order valence-corrected chi connectivity index (χ0v) is 14.3. The zero-order valence-electron chi connectivity index (χ0n) is 12.7. The third-order valence-corrected chi connectivity index (χ3v) is 4.39. The van der Waals surface area contributed by atoms with Gasteiger partial charge in [-0.2, -0.15) is 0 Å². The van der Waals surface area contributed by atoms with Crippen molar-refractivity contribution in [2.75, 3.05) is 38.2 Å². The molecule has 1 aliphatic heterocycles. The topological polar surface area (TPSA) is 37.4 Å². The van der Waals surface area contributed by atoms with Crippen molar-refractivity contribution in [3.63, 3.8) is 0 Å². The van der Waals surface area contributed by atoms with Gasteiger partial charge in [0.1, 0.15) is 11.6 Å². The van der Waals surface area contributed by atoms with Crippen LogP contribution in [0.3, 0.4) is 0 Å². The van der Waals surface area contributed by atoms with Gasteiger partial charge in [0.15, 0.2) is 0 Å². The van der Waals surface area contributed by atoms with E-state index in [0.717, 1.165) is 28.9 Å². The molecule has 3 rings (SSSR count). The number of benzene rings is 1. The number of hydrogen-bond acceptors (Lipinski definition) is 4. The second-order valence-electron chi connectivity index (χ2n) is 5.46. The fourth-order valence-corrected chi connectivity index (χ4v) is 2.98. The van der Waals surface area contributed by atoms with E-state index < -0.39 is 0 Å². The first kappa shape index (κ1) is 16.4. The first-order valence-corrected chi connectivity index (χ1v) is 8.44. The van der Waals surface area contributed by atoms with E-state index in [-0.39, 0.29) is 11.9 Å². The SMILES string of the molecule is Fc1cccc(C(CNc2ccc(Br)cn2)N2CCOCC2)c1. The molecule has 2 heterocycles. The highest BCUT2D eigenvalue weighted by Crippen LogP contribution is 2.23. The Morgan fingerprint density at radius 1 is 1.26 bits per heavy atom. The first-order valence-electron chi connectivity index (χ1n) is 7.65. The quantitative estimate of drug-likeness (QED) is 0.862. The maximum atomic E-state index is 13.6. The van der Waals surface area contributed by atoms with Gasteiger partial charge in [-0.25, -0.2) is 9.37 Å². The molecule has 1 fully saturated rings. The molecule has 1 aromatic heterocycles. The molecule has 0 amide bonds. The average Bonchev–Trinajstić information content (AvgIpc) is 2.58. The lowest BCUT2D eigenvalue weighted by atomic mass is 10.0. The Hall–Kier alpha value is -1.50. The zero-order chi connectivity index (χ0) is 16.1. The molecule has 1 aliphatic rings. The second-order valence-corrected chi connectivity index (χ2v) is 6.38. The number of nitrogens with one attached hydrogen (secondary N) is 1. The highest BCUT2D eigenvalue weighted by atomic mass is 79.9. The molecule has 122 valence electrons. The molecule has 6 heteroatoms. The number of nitrogens with zero attached hydrogens (tertiary/aromatic N) is 2. The molecule has 0 bridgehead atoms. The lowest BCUT2D eigenvalue weighted by molar-refractivity contribution is 0.0186. The summed E-state index contributed by atoms with van der Waals surface area (Å²) in [5, 5.41) is 3.35. The molecule has 1 aromatic carbocycles. The van der Waals surface area contributed by atoms with Gasteiger partial charge in [-0.05, 0) is 45.8 Å². The van der Waals surface area contributed by atoms with E-state index in [0.29, 0.717) is 19.8 Å². The Kier molecular flexibility index (Phi) is 5.59. The number of hydrogen-bond donors (Lipinski definition) is 1. The van der Waals surface area contributed by atoms with Crippen molar-refractivity contribution < 1.29 is 9.13 Å². The van der Waals surface area contributed by atoms with Crippen LogP contribution >= 0.6 is 15.9 Å². The molecular formula is C17H19BrFN3O. The van der Waals surface area contributed by atoms with Crippen LogP contribution in [0.2, 0.25) is 0 Å². The van der Waals surface area contributed by atoms with Crippen LogP contribution in [-0.4, -0.2) is 42.7 Å². The second kappa shape index (κ2) is 7.86. The molecule has 0 aliphatic carbocycles. The third-order valence-electron chi connectivity index (χ3n) is 3.92. The van der Waals surface area contributed by atoms with Crippen molar-refractivity contribution in [2.45, 2.75) is 6.04 Å². The van der Waals surface area contributed by atoms with Crippen molar-refractivity contribution >= 4 is 21.7 Å². The number of pyridine rings is 1. The summed E-state index contributed by atoms with van der Waals surface area (Å²) in [6.07, 6.45) is 1.76. The summed E-state index contributed by atoms with van der Waals surface area (Å²) in [6, 6.07) is 10.8. The van der Waals surface area contributed by atoms with E-state index >= 15 is 0 Å². The molecule has 1 N–H and O–H groups in total. The Morgan fingerprint density at radius 3 is 2.78 bits per heavy atom. The number of anilines is 1. The molecule has 0 radical (unpaired) electrons. The summed E-state index contributed by atoms with van der Waals surface area (Å²) >= 11 is 3.38. The minimum atomic E-state index is -0.206. The van der Waals surface area contributed by atoms with E-state index in [4.69, 9.17) is 4.74 Å². The monoisotopic (exact) mass is 379 g/mol. The van der Waals surface area contributed by atoms with Gasteiger partial charge in [0.2, 0.25) is 0 Å². The number of ether oxygens (including phenoxy) is 1. The van der Waals surface area contributed by atoms with Crippen LogP contribution in [-0.2, 0) is 4.74 Å². The van der Waals surface area contributed by atoms with Crippen LogP contribution in [0.4, 0.5) is 10.2 Å². The van der Waals surface area contributed by atoms with Crippen LogP contribution in [0.15, 0.2) is 47.1 Å². The normalized spacial score (nSPS) is 17.0. The van der Waals surface area contributed by atoms with Crippen molar-refractivity contribution in [1.29, 1.82) is 0 Å². The largest absolute Gasteiger partial charge is 0.379 e. The van der Waals surface area contributed by atoms with Gasteiger partial charge in [-0.15, -0.1) is 0 Å². The van der Waals surface area contributed by atoms with Gasteiger partial charge < -0.3 is 10.1 Å². The molecule has 1 unspecified atom stereocenters. The summed E-state index contributed by atoms with van der Waals surface area (Å²) in [4.78, 5) is 6.65. The lowest BCUT2D eigenvalue weighted by Gasteiger charge is -2.35. The van der Waals surface area contributed by atoms with Gasteiger partial charge in [-0.3, -0.25) is 4.90 Å². The molecule has 4 nitrogen and oxygen atoms in total. The van der Waals surface area contributed by atoms with Crippen LogP contribution < -0.4 is 5.32 Å². The predicted octanol–water partition coefficient (Wildman–Crippen LogP) is 3.47. The summed E-state index contributed by atoms with van der Waals surface area (Å²) in [7, 11) is 0. The minimum Gasteiger partial charge on any atom is -0.379 e.